The van der Waals surface area contributed by atoms with Gasteiger partial charge in [-0.1, -0.05) is 30.3 Å². The molecule has 1 aromatic heterocycles. The van der Waals surface area contributed by atoms with Crippen molar-refractivity contribution in [3.05, 3.63) is 82.2 Å². The molecular weight excluding hydrogens is 404 g/mol. The van der Waals surface area contributed by atoms with E-state index in [2.05, 4.69) is 15.3 Å². The van der Waals surface area contributed by atoms with Crippen LogP contribution in [0, 0.1) is 11.6 Å². The number of aromatic nitrogens is 2. The summed E-state index contributed by atoms with van der Waals surface area (Å²) in [5, 5.41) is 2.68. The van der Waals surface area contributed by atoms with Crippen molar-refractivity contribution < 1.29 is 23.1 Å². The quantitative estimate of drug-likeness (QED) is 0.635. The zero-order valence-corrected chi connectivity index (χ0v) is 16.9. The van der Waals surface area contributed by atoms with Gasteiger partial charge in [-0.3, -0.25) is 9.59 Å². The first kappa shape index (κ1) is 20.6. The molecule has 0 saturated carbocycles. The highest BCUT2D eigenvalue weighted by Gasteiger charge is 2.28. The second-order valence-electron chi connectivity index (χ2n) is 7.26. The Morgan fingerprint density at radius 3 is 2.42 bits per heavy atom. The molecule has 0 radical (unpaired) electrons. The van der Waals surface area contributed by atoms with Crippen molar-refractivity contribution in [3.63, 3.8) is 0 Å². The van der Waals surface area contributed by atoms with E-state index < -0.39 is 17.6 Å². The van der Waals surface area contributed by atoms with E-state index in [1.807, 2.05) is 12.1 Å². The Kier molecular flexibility index (Phi) is 5.46. The van der Waals surface area contributed by atoms with Crippen molar-refractivity contribution in [3.8, 4) is 11.4 Å². The van der Waals surface area contributed by atoms with Crippen LogP contribution in [0.5, 0.6) is 0 Å². The maximum absolute atomic E-state index is 14.3. The number of benzene rings is 2. The average Bonchev–Trinajstić information content (AvgIpc) is 3.14. The van der Waals surface area contributed by atoms with Gasteiger partial charge in [0.15, 0.2) is 5.82 Å². The minimum atomic E-state index is -0.774. The number of rotatable bonds is 5. The number of amides is 1. The molecule has 3 aromatic rings. The Hall–Kier alpha value is -3.68. The van der Waals surface area contributed by atoms with Crippen molar-refractivity contribution in [2.75, 3.05) is 7.11 Å². The van der Waals surface area contributed by atoms with Crippen LogP contribution < -0.4 is 5.32 Å². The van der Waals surface area contributed by atoms with Gasteiger partial charge in [0.1, 0.15) is 11.6 Å². The predicted molar refractivity (Wildman–Crippen MR) is 108 cm³/mol. The van der Waals surface area contributed by atoms with E-state index in [4.69, 9.17) is 4.74 Å². The first-order valence-corrected chi connectivity index (χ1v) is 9.68. The number of halogens is 2. The Bertz CT molecular complexity index is 1160. The van der Waals surface area contributed by atoms with Crippen molar-refractivity contribution in [2.45, 2.75) is 25.8 Å². The number of ether oxygens (including phenoxy) is 1. The number of hydrogen-bond acceptors (Lipinski definition) is 5. The van der Waals surface area contributed by atoms with E-state index in [-0.39, 0.29) is 36.2 Å². The van der Waals surface area contributed by atoms with Gasteiger partial charge in [-0.2, -0.15) is 0 Å². The van der Waals surface area contributed by atoms with E-state index >= 15 is 0 Å². The number of esters is 1. The number of nitrogens with one attached hydrogen (secondary N) is 1. The maximum Gasteiger partial charge on any atom is 0.312 e. The summed E-state index contributed by atoms with van der Waals surface area (Å²) in [4.78, 5) is 32.6. The smallest absolute Gasteiger partial charge is 0.312 e. The zero-order valence-electron chi connectivity index (χ0n) is 16.9. The third-order valence-corrected chi connectivity index (χ3v) is 5.29. The largest absolute Gasteiger partial charge is 0.469 e. The van der Waals surface area contributed by atoms with E-state index in [0.717, 1.165) is 23.3 Å². The van der Waals surface area contributed by atoms with Crippen LogP contribution >= 0.6 is 0 Å². The number of hydrogen-bond donors (Lipinski definition) is 1. The number of nitrogens with zero attached hydrogens (tertiary/aromatic N) is 2. The standard InChI is InChI=1S/C23H19F2N3O3/c1-12(23(30)31-2)14-8-6-13(7-9-14)10-17-20-18(11-26-22(20)29)28-21(27-17)19-15(24)4-3-5-16(19)25/h3-9,12H,10-11H2,1-2H3,(H,26,29). The van der Waals surface area contributed by atoms with E-state index in [9.17, 15) is 18.4 Å². The van der Waals surface area contributed by atoms with Crippen LogP contribution in [0.3, 0.4) is 0 Å². The normalized spacial score (nSPS) is 13.5. The van der Waals surface area contributed by atoms with Crippen molar-refractivity contribution >= 4 is 11.9 Å². The summed E-state index contributed by atoms with van der Waals surface area (Å²) < 4.78 is 33.4. The van der Waals surface area contributed by atoms with Gasteiger partial charge in [0.05, 0.1) is 42.1 Å². The minimum absolute atomic E-state index is 0.100. The highest BCUT2D eigenvalue weighted by molar-refractivity contribution is 5.99. The van der Waals surface area contributed by atoms with Gasteiger partial charge < -0.3 is 10.1 Å². The van der Waals surface area contributed by atoms with Crippen LogP contribution in [-0.2, 0) is 22.5 Å². The lowest BCUT2D eigenvalue weighted by Gasteiger charge is -2.12. The van der Waals surface area contributed by atoms with E-state index in [0.29, 0.717) is 17.0 Å². The summed E-state index contributed by atoms with van der Waals surface area (Å²) in [6.45, 7) is 1.92. The monoisotopic (exact) mass is 423 g/mol. The summed E-state index contributed by atoms with van der Waals surface area (Å²) in [6, 6.07) is 10.8. The minimum Gasteiger partial charge on any atom is -0.469 e. The summed E-state index contributed by atoms with van der Waals surface area (Å²) in [6.07, 6.45) is 0.258. The molecule has 6 nitrogen and oxygen atoms in total. The fraction of sp³-hybridized carbons (Fsp3) is 0.217. The van der Waals surface area contributed by atoms with Gasteiger partial charge in [-0.15, -0.1) is 0 Å². The highest BCUT2D eigenvalue weighted by Crippen LogP contribution is 2.28. The Morgan fingerprint density at radius 2 is 1.77 bits per heavy atom. The summed E-state index contributed by atoms with van der Waals surface area (Å²) in [5.41, 5.74) is 2.40. The molecule has 0 fully saturated rings. The first-order chi connectivity index (χ1) is 14.9. The van der Waals surface area contributed by atoms with Gasteiger partial charge >= 0.3 is 5.97 Å². The molecule has 1 N–H and O–H groups in total. The van der Waals surface area contributed by atoms with Crippen molar-refractivity contribution in [1.29, 1.82) is 0 Å². The zero-order chi connectivity index (χ0) is 22.1. The molecule has 2 aromatic carbocycles. The average molecular weight is 423 g/mol. The molecular formula is C23H19F2N3O3. The highest BCUT2D eigenvalue weighted by atomic mass is 19.1. The second kappa shape index (κ2) is 8.22. The molecule has 8 heteroatoms. The topological polar surface area (TPSA) is 81.2 Å². The molecule has 1 amide bonds. The Morgan fingerprint density at radius 1 is 1.10 bits per heavy atom. The third-order valence-electron chi connectivity index (χ3n) is 5.29. The molecule has 4 rings (SSSR count). The van der Waals surface area contributed by atoms with Crippen LogP contribution in [0.15, 0.2) is 42.5 Å². The number of methoxy groups -OCH3 is 1. The second-order valence-corrected chi connectivity index (χ2v) is 7.26. The first-order valence-electron chi connectivity index (χ1n) is 9.68. The molecule has 0 aliphatic carbocycles. The molecule has 0 spiro atoms. The Balaban J connectivity index is 1.72. The fourth-order valence-corrected chi connectivity index (χ4v) is 3.58. The number of carbonyl (C=O) groups excluding carboxylic acids is 2. The molecule has 2 heterocycles. The van der Waals surface area contributed by atoms with Gasteiger partial charge in [-0.25, -0.2) is 18.7 Å². The lowest BCUT2D eigenvalue weighted by atomic mass is 9.97. The van der Waals surface area contributed by atoms with Crippen LogP contribution in [0.2, 0.25) is 0 Å². The van der Waals surface area contributed by atoms with Gasteiger partial charge in [-0.05, 0) is 30.2 Å². The van der Waals surface area contributed by atoms with Gasteiger partial charge in [0, 0.05) is 6.42 Å². The summed E-state index contributed by atoms with van der Waals surface area (Å²) in [7, 11) is 1.34. The van der Waals surface area contributed by atoms with Crippen LogP contribution in [0.4, 0.5) is 8.78 Å². The molecule has 31 heavy (non-hydrogen) atoms. The number of fused-ring (bicyclic) bond motifs is 1. The predicted octanol–water partition coefficient (Wildman–Crippen LogP) is 3.53. The van der Waals surface area contributed by atoms with Gasteiger partial charge in [0.2, 0.25) is 0 Å². The van der Waals surface area contributed by atoms with Gasteiger partial charge in [0.25, 0.3) is 5.91 Å². The third kappa shape index (κ3) is 3.88. The lowest BCUT2D eigenvalue weighted by molar-refractivity contribution is -0.141. The lowest BCUT2D eigenvalue weighted by Crippen LogP contribution is -2.15. The summed E-state index contributed by atoms with van der Waals surface area (Å²) >= 11 is 0. The molecule has 158 valence electrons. The Labute approximate surface area is 177 Å². The molecule has 0 saturated heterocycles. The molecule has 1 atom stereocenters. The molecule has 1 aliphatic rings. The van der Waals surface area contributed by atoms with E-state index in [1.54, 1.807) is 19.1 Å². The molecule has 1 unspecified atom stereocenters. The SMILES string of the molecule is COC(=O)C(C)c1ccc(Cc2nc(-c3c(F)cccc3F)nc3c2C(=O)NC3)cc1. The van der Waals surface area contributed by atoms with Crippen molar-refractivity contribution in [1.82, 2.24) is 15.3 Å². The fourth-order valence-electron chi connectivity index (χ4n) is 3.58. The maximum atomic E-state index is 14.3. The molecule has 0 bridgehead atoms. The van der Waals surface area contributed by atoms with Crippen LogP contribution in [0.1, 0.15) is 45.7 Å². The van der Waals surface area contributed by atoms with E-state index in [1.165, 1.54) is 13.2 Å². The summed E-state index contributed by atoms with van der Waals surface area (Å²) in [5.74, 6) is -2.72. The van der Waals surface area contributed by atoms with Crippen molar-refractivity contribution in [2.24, 2.45) is 0 Å². The van der Waals surface area contributed by atoms with Crippen LogP contribution in [0.25, 0.3) is 11.4 Å². The molecule has 1 aliphatic heterocycles. The number of carbonyl (C=O) groups is 2. The van der Waals surface area contributed by atoms with Crippen LogP contribution in [-0.4, -0.2) is 29.0 Å².